The Morgan fingerprint density at radius 3 is 2.75 bits per heavy atom. The Hall–Kier alpha value is -1.56. The highest BCUT2D eigenvalue weighted by atomic mass is 19.4. The lowest BCUT2D eigenvalue weighted by atomic mass is 10.1. The largest absolute Gasteiger partial charge is 0.416 e. The third-order valence-electron chi connectivity index (χ3n) is 1.70. The first-order valence-electron chi connectivity index (χ1n) is 4.56. The van der Waals surface area contributed by atoms with Crippen molar-refractivity contribution in [2.24, 2.45) is 10.9 Å². The van der Waals surface area contributed by atoms with Gasteiger partial charge in [-0.15, -0.1) is 0 Å². The quantitative estimate of drug-likeness (QED) is 0.490. The lowest BCUT2D eigenvalue weighted by molar-refractivity contribution is -0.137. The zero-order valence-electron chi connectivity index (χ0n) is 8.37. The molecule has 0 aromatic heterocycles. The molecule has 0 atom stereocenters. The van der Waals surface area contributed by atoms with E-state index in [2.05, 4.69) is 9.99 Å². The topological polar surface area (TPSA) is 47.6 Å². The molecule has 0 radical (unpaired) electrons. The van der Waals surface area contributed by atoms with Crippen LogP contribution in [0.2, 0.25) is 0 Å². The number of halogens is 3. The minimum atomic E-state index is -4.35. The Bertz CT molecular complexity index is 363. The predicted molar refractivity (Wildman–Crippen MR) is 54.0 cm³/mol. The lowest BCUT2D eigenvalue weighted by Crippen LogP contribution is -2.06. The van der Waals surface area contributed by atoms with E-state index in [9.17, 15) is 13.2 Å². The molecule has 2 N–H and O–H groups in total. The molecule has 0 aliphatic heterocycles. The smallest absolute Gasteiger partial charge is 0.394 e. The molecule has 1 aromatic carbocycles. The van der Waals surface area contributed by atoms with Crippen LogP contribution < -0.4 is 5.73 Å². The van der Waals surface area contributed by atoms with Gasteiger partial charge in [-0.05, 0) is 17.7 Å². The van der Waals surface area contributed by atoms with Gasteiger partial charge in [0.2, 0.25) is 0 Å². The molecule has 0 saturated heterocycles. The maximum atomic E-state index is 12.3. The number of rotatable bonds is 4. The van der Waals surface area contributed by atoms with Crippen LogP contribution in [0.4, 0.5) is 13.2 Å². The predicted octanol–water partition coefficient (Wildman–Crippen LogP) is 2.01. The highest BCUT2D eigenvalue weighted by Gasteiger charge is 2.30. The highest BCUT2D eigenvalue weighted by molar-refractivity contribution is 5.79. The average Bonchev–Trinajstić information content (AvgIpc) is 2.24. The van der Waals surface area contributed by atoms with Crippen LogP contribution in [0.25, 0.3) is 0 Å². The van der Waals surface area contributed by atoms with Gasteiger partial charge in [-0.1, -0.05) is 17.3 Å². The van der Waals surface area contributed by atoms with Crippen LogP contribution in [0.1, 0.15) is 11.1 Å². The first-order chi connectivity index (χ1) is 7.54. The molecule has 1 rings (SSSR count). The number of nitrogens with zero attached hydrogens (tertiary/aromatic N) is 1. The Balaban J connectivity index is 2.71. The molecule has 3 nitrogen and oxygen atoms in total. The Morgan fingerprint density at radius 1 is 1.38 bits per heavy atom. The number of hydrogen-bond acceptors (Lipinski definition) is 3. The maximum absolute atomic E-state index is 12.3. The second-order valence-electron chi connectivity index (χ2n) is 2.98. The number of nitrogens with two attached hydrogens (primary N) is 1. The second-order valence-corrected chi connectivity index (χ2v) is 2.98. The zero-order valence-corrected chi connectivity index (χ0v) is 8.37. The molecule has 1 aromatic rings. The van der Waals surface area contributed by atoms with Crippen LogP contribution >= 0.6 is 0 Å². The average molecular weight is 232 g/mol. The van der Waals surface area contributed by atoms with E-state index >= 15 is 0 Å². The molecule has 16 heavy (non-hydrogen) atoms. The van der Waals surface area contributed by atoms with Gasteiger partial charge in [0.25, 0.3) is 0 Å². The minimum Gasteiger partial charge on any atom is -0.394 e. The molecule has 0 fully saturated rings. The number of benzene rings is 1. The van der Waals surface area contributed by atoms with E-state index in [1.165, 1.54) is 18.3 Å². The van der Waals surface area contributed by atoms with Crippen LogP contribution in [0.5, 0.6) is 0 Å². The Kier molecular flexibility index (Phi) is 4.30. The molecule has 0 unspecified atom stereocenters. The normalized spacial score (nSPS) is 12.0. The van der Waals surface area contributed by atoms with Crippen molar-refractivity contribution < 1.29 is 18.0 Å². The fraction of sp³-hybridized carbons (Fsp3) is 0.300. The summed E-state index contributed by atoms with van der Waals surface area (Å²) in [7, 11) is 0. The summed E-state index contributed by atoms with van der Waals surface area (Å²) < 4.78 is 37.0. The van der Waals surface area contributed by atoms with E-state index in [-0.39, 0.29) is 6.61 Å². The minimum absolute atomic E-state index is 0.232. The van der Waals surface area contributed by atoms with Gasteiger partial charge in [-0.25, -0.2) is 0 Å². The second kappa shape index (κ2) is 5.50. The van der Waals surface area contributed by atoms with E-state index in [0.29, 0.717) is 12.1 Å². The van der Waals surface area contributed by atoms with Crippen molar-refractivity contribution in [2.75, 3.05) is 13.2 Å². The zero-order chi connectivity index (χ0) is 12.0. The summed E-state index contributed by atoms with van der Waals surface area (Å²) in [6.07, 6.45) is -3.13. The summed E-state index contributed by atoms with van der Waals surface area (Å²) in [6.45, 7) is 0.537. The van der Waals surface area contributed by atoms with Crippen molar-refractivity contribution in [2.45, 2.75) is 6.18 Å². The molecule has 0 saturated carbocycles. The number of oxime groups is 1. The summed E-state index contributed by atoms with van der Waals surface area (Å²) in [5.41, 5.74) is 4.75. The monoisotopic (exact) mass is 232 g/mol. The molecule has 0 bridgehead atoms. The van der Waals surface area contributed by atoms with Crippen LogP contribution in [-0.2, 0) is 11.0 Å². The van der Waals surface area contributed by atoms with Gasteiger partial charge in [0.1, 0.15) is 6.61 Å². The third kappa shape index (κ3) is 3.90. The van der Waals surface area contributed by atoms with Gasteiger partial charge in [-0.3, -0.25) is 0 Å². The van der Waals surface area contributed by atoms with E-state index in [0.717, 1.165) is 12.1 Å². The summed E-state index contributed by atoms with van der Waals surface area (Å²) in [4.78, 5) is 4.68. The molecular formula is C10H11F3N2O. The standard InChI is InChI=1S/C10H11F3N2O/c11-10(12,13)9-3-1-2-8(6-9)7-15-16-5-4-14/h1-3,6-7H,4-5,14H2. The van der Waals surface area contributed by atoms with Crippen molar-refractivity contribution in [1.82, 2.24) is 0 Å². The van der Waals surface area contributed by atoms with Crippen LogP contribution in [0.3, 0.4) is 0 Å². The summed E-state index contributed by atoms with van der Waals surface area (Å²) in [6, 6.07) is 4.81. The first kappa shape index (κ1) is 12.5. The fourth-order valence-electron chi connectivity index (χ4n) is 0.999. The maximum Gasteiger partial charge on any atom is 0.416 e. The van der Waals surface area contributed by atoms with Crippen molar-refractivity contribution >= 4 is 6.21 Å². The van der Waals surface area contributed by atoms with E-state index < -0.39 is 11.7 Å². The lowest BCUT2D eigenvalue weighted by Gasteiger charge is -2.06. The molecule has 0 heterocycles. The fourth-order valence-corrected chi connectivity index (χ4v) is 0.999. The SMILES string of the molecule is NCCON=Cc1cccc(C(F)(F)F)c1. The number of hydrogen-bond donors (Lipinski definition) is 1. The van der Waals surface area contributed by atoms with Crippen molar-refractivity contribution in [1.29, 1.82) is 0 Å². The van der Waals surface area contributed by atoms with Crippen LogP contribution in [-0.4, -0.2) is 19.4 Å². The number of alkyl halides is 3. The molecule has 88 valence electrons. The van der Waals surface area contributed by atoms with E-state index in [4.69, 9.17) is 5.73 Å². The Labute approximate surface area is 90.7 Å². The van der Waals surface area contributed by atoms with Crippen molar-refractivity contribution in [3.8, 4) is 0 Å². The first-order valence-corrected chi connectivity index (χ1v) is 4.56. The van der Waals surface area contributed by atoms with E-state index in [1.807, 2.05) is 0 Å². The molecule has 0 aliphatic rings. The molecular weight excluding hydrogens is 221 g/mol. The van der Waals surface area contributed by atoms with Crippen LogP contribution in [0, 0.1) is 0 Å². The Morgan fingerprint density at radius 2 is 2.12 bits per heavy atom. The van der Waals surface area contributed by atoms with E-state index in [1.54, 1.807) is 0 Å². The van der Waals surface area contributed by atoms with Gasteiger partial charge >= 0.3 is 6.18 Å². The van der Waals surface area contributed by atoms with Gasteiger partial charge < -0.3 is 10.6 Å². The summed E-state index contributed by atoms with van der Waals surface area (Å²) >= 11 is 0. The van der Waals surface area contributed by atoms with Gasteiger partial charge in [0, 0.05) is 6.54 Å². The van der Waals surface area contributed by atoms with Gasteiger partial charge in [0.05, 0.1) is 11.8 Å². The molecule has 6 heteroatoms. The molecule has 0 spiro atoms. The highest BCUT2D eigenvalue weighted by Crippen LogP contribution is 2.29. The molecule has 0 amide bonds. The summed E-state index contributed by atoms with van der Waals surface area (Å²) in [5.74, 6) is 0. The van der Waals surface area contributed by atoms with Gasteiger partial charge in [0.15, 0.2) is 0 Å². The van der Waals surface area contributed by atoms with Crippen molar-refractivity contribution in [3.63, 3.8) is 0 Å². The third-order valence-corrected chi connectivity index (χ3v) is 1.70. The van der Waals surface area contributed by atoms with Crippen LogP contribution in [0.15, 0.2) is 29.4 Å². The van der Waals surface area contributed by atoms with Gasteiger partial charge in [-0.2, -0.15) is 13.2 Å². The summed E-state index contributed by atoms with van der Waals surface area (Å²) in [5, 5.41) is 3.48. The molecule has 0 aliphatic carbocycles. The van der Waals surface area contributed by atoms with Crippen molar-refractivity contribution in [3.05, 3.63) is 35.4 Å².